The molecule has 1 aromatic carbocycles. The van der Waals surface area contributed by atoms with E-state index in [-0.39, 0.29) is 5.82 Å². The van der Waals surface area contributed by atoms with E-state index < -0.39 is 0 Å². The zero-order valence-corrected chi connectivity index (χ0v) is 12.0. The molecule has 2 rings (SSSR count). The Hall–Kier alpha value is -2.17. The standard InChI is InChI=1S/C15H19FN4/c1-4-13-18-14(17-5-2)10-15(19-13)20(3)12-8-6-7-11(16)9-12/h6-10H,4-5H2,1-3H3,(H,17,18,19). The van der Waals surface area contributed by atoms with Gasteiger partial charge in [-0.2, -0.15) is 0 Å². The third-order valence-electron chi connectivity index (χ3n) is 2.97. The van der Waals surface area contributed by atoms with Crippen LogP contribution in [0.3, 0.4) is 0 Å². The van der Waals surface area contributed by atoms with Gasteiger partial charge in [-0.15, -0.1) is 0 Å². The predicted molar refractivity (Wildman–Crippen MR) is 80.0 cm³/mol. The quantitative estimate of drug-likeness (QED) is 0.907. The van der Waals surface area contributed by atoms with Gasteiger partial charge >= 0.3 is 0 Å². The van der Waals surface area contributed by atoms with Gasteiger partial charge in [0.05, 0.1) is 0 Å². The van der Waals surface area contributed by atoms with Crippen LogP contribution in [0, 0.1) is 5.82 Å². The molecule has 1 aromatic heterocycles. The zero-order chi connectivity index (χ0) is 14.5. The number of benzene rings is 1. The number of anilines is 3. The Bertz CT molecular complexity index is 586. The average Bonchev–Trinajstić information content (AvgIpc) is 2.46. The highest BCUT2D eigenvalue weighted by molar-refractivity contribution is 5.61. The third kappa shape index (κ3) is 3.23. The van der Waals surface area contributed by atoms with Crippen molar-refractivity contribution in [1.29, 1.82) is 0 Å². The summed E-state index contributed by atoms with van der Waals surface area (Å²) in [5, 5.41) is 3.19. The highest BCUT2D eigenvalue weighted by Crippen LogP contribution is 2.24. The first-order valence-electron chi connectivity index (χ1n) is 6.75. The molecule has 0 aliphatic rings. The van der Waals surface area contributed by atoms with Gasteiger partial charge in [-0.1, -0.05) is 13.0 Å². The van der Waals surface area contributed by atoms with Crippen molar-refractivity contribution in [3.8, 4) is 0 Å². The van der Waals surface area contributed by atoms with Crippen LogP contribution < -0.4 is 10.2 Å². The van der Waals surface area contributed by atoms with Gasteiger partial charge in [0.25, 0.3) is 0 Å². The maximum Gasteiger partial charge on any atom is 0.138 e. The van der Waals surface area contributed by atoms with Crippen LogP contribution in [-0.4, -0.2) is 23.6 Å². The SMILES string of the molecule is CCNc1cc(N(C)c2cccc(F)c2)nc(CC)n1. The minimum atomic E-state index is -0.258. The Morgan fingerprint density at radius 3 is 2.65 bits per heavy atom. The molecule has 0 radical (unpaired) electrons. The van der Waals surface area contributed by atoms with Crippen LogP contribution in [0.4, 0.5) is 21.7 Å². The molecule has 0 fully saturated rings. The molecule has 20 heavy (non-hydrogen) atoms. The molecule has 5 heteroatoms. The van der Waals surface area contributed by atoms with Crippen molar-refractivity contribution in [2.75, 3.05) is 23.8 Å². The van der Waals surface area contributed by atoms with E-state index in [1.165, 1.54) is 12.1 Å². The maximum absolute atomic E-state index is 13.3. The lowest BCUT2D eigenvalue weighted by Gasteiger charge is -2.19. The Morgan fingerprint density at radius 1 is 1.20 bits per heavy atom. The van der Waals surface area contributed by atoms with Gasteiger partial charge < -0.3 is 10.2 Å². The summed E-state index contributed by atoms with van der Waals surface area (Å²) < 4.78 is 13.3. The molecule has 0 unspecified atom stereocenters. The summed E-state index contributed by atoms with van der Waals surface area (Å²) in [6.07, 6.45) is 0.753. The fraction of sp³-hybridized carbons (Fsp3) is 0.333. The summed E-state index contributed by atoms with van der Waals surface area (Å²) in [7, 11) is 1.87. The number of hydrogen-bond donors (Lipinski definition) is 1. The van der Waals surface area contributed by atoms with Gasteiger partial charge in [0.2, 0.25) is 0 Å². The molecule has 0 spiro atoms. The maximum atomic E-state index is 13.3. The highest BCUT2D eigenvalue weighted by Gasteiger charge is 2.10. The van der Waals surface area contributed by atoms with Crippen molar-refractivity contribution < 1.29 is 4.39 Å². The lowest BCUT2D eigenvalue weighted by atomic mass is 10.3. The molecule has 0 aliphatic carbocycles. The van der Waals surface area contributed by atoms with Gasteiger partial charge in [-0.25, -0.2) is 14.4 Å². The summed E-state index contributed by atoms with van der Waals surface area (Å²) in [6.45, 7) is 4.82. The van der Waals surface area contributed by atoms with E-state index in [0.29, 0.717) is 0 Å². The molecule has 0 aliphatic heterocycles. The Kier molecular flexibility index (Phi) is 4.50. The van der Waals surface area contributed by atoms with Gasteiger partial charge in [-0.05, 0) is 25.1 Å². The first kappa shape index (κ1) is 14.2. The van der Waals surface area contributed by atoms with Crippen LogP contribution in [0.2, 0.25) is 0 Å². The molecular formula is C15H19FN4. The fourth-order valence-electron chi connectivity index (χ4n) is 1.90. The van der Waals surface area contributed by atoms with Crippen LogP contribution in [0.15, 0.2) is 30.3 Å². The Morgan fingerprint density at radius 2 is 2.00 bits per heavy atom. The molecular weight excluding hydrogens is 255 g/mol. The minimum Gasteiger partial charge on any atom is -0.370 e. The molecule has 0 atom stereocenters. The molecule has 2 aromatic rings. The smallest absolute Gasteiger partial charge is 0.138 e. The van der Waals surface area contributed by atoms with Gasteiger partial charge in [0, 0.05) is 31.8 Å². The predicted octanol–water partition coefficient (Wildman–Crippen LogP) is 3.38. The number of rotatable bonds is 5. The van der Waals surface area contributed by atoms with Crippen molar-refractivity contribution in [2.24, 2.45) is 0 Å². The number of aromatic nitrogens is 2. The van der Waals surface area contributed by atoms with Gasteiger partial charge in [0.1, 0.15) is 23.3 Å². The van der Waals surface area contributed by atoms with Crippen LogP contribution in [0.25, 0.3) is 0 Å². The molecule has 1 N–H and O–H groups in total. The largest absolute Gasteiger partial charge is 0.370 e. The first-order chi connectivity index (χ1) is 9.63. The second kappa shape index (κ2) is 6.32. The third-order valence-corrected chi connectivity index (χ3v) is 2.97. The topological polar surface area (TPSA) is 41.0 Å². The van der Waals surface area contributed by atoms with Crippen molar-refractivity contribution in [2.45, 2.75) is 20.3 Å². The van der Waals surface area contributed by atoms with E-state index >= 15 is 0 Å². The second-order valence-corrected chi connectivity index (χ2v) is 4.45. The van der Waals surface area contributed by atoms with Crippen LogP contribution in [-0.2, 0) is 6.42 Å². The monoisotopic (exact) mass is 274 g/mol. The molecule has 4 nitrogen and oxygen atoms in total. The summed E-state index contributed by atoms with van der Waals surface area (Å²) in [6, 6.07) is 8.32. The number of hydrogen-bond acceptors (Lipinski definition) is 4. The molecule has 1 heterocycles. The number of nitrogens with one attached hydrogen (secondary N) is 1. The van der Waals surface area contributed by atoms with Crippen molar-refractivity contribution in [3.63, 3.8) is 0 Å². The molecule has 0 saturated carbocycles. The van der Waals surface area contributed by atoms with Gasteiger partial charge in [0.15, 0.2) is 0 Å². The number of aryl methyl sites for hydroxylation is 1. The average molecular weight is 274 g/mol. The second-order valence-electron chi connectivity index (χ2n) is 4.45. The zero-order valence-electron chi connectivity index (χ0n) is 12.0. The first-order valence-corrected chi connectivity index (χ1v) is 6.75. The molecule has 0 saturated heterocycles. The highest BCUT2D eigenvalue weighted by atomic mass is 19.1. The normalized spacial score (nSPS) is 10.4. The minimum absolute atomic E-state index is 0.258. The molecule has 0 amide bonds. The lowest BCUT2D eigenvalue weighted by molar-refractivity contribution is 0.628. The van der Waals surface area contributed by atoms with E-state index in [0.717, 1.165) is 36.1 Å². The Balaban J connectivity index is 2.37. The molecule has 0 bridgehead atoms. The van der Waals surface area contributed by atoms with Crippen molar-refractivity contribution >= 4 is 17.3 Å². The summed E-state index contributed by atoms with van der Waals surface area (Å²) in [4.78, 5) is 10.8. The summed E-state index contributed by atoms with van der Waals surface area (Å²) in [5.74, 6) is 2.05. The van der Waals surface area contributed by atoms with E-state index in [9.17, 15) is 4.39 Å². The van der Waals surface area contributed by atoms with Crippen LogP contribution >= 0.6 is 0 Å². The van der Waals surface area contributed by atoms with Crippen molar-refractivity contribution in [3.05, 3.63) is 42.0 Å². The van der Waals surface area contributed by atoms with E-state index in [1.807, 2.05) is 37.9 Å². The van der Waals surface area contributed by atoms with Crippen molar-refractivity contribution in [1.82, 2.24) is 9.97 Å². The Labute approximate surface area is 118 Å². The van der Waals surface area contributed by atoms with Crippen LogP contribution in [0.5, 0.6) is 0 Å². The van der Waals surface area contributed by atoms with E-state index in [1.54, 1.807) is 6.07 Å². The fourth-order valence-corrected chi connectivity index (χ4v) is 1.90. The van der Waals surface area contributed by atoms with E-state index in [2.05, 4.69) is 15.3 Å². The van der Waals surface area contributed by atoms with Gasteiger partial charge in [-0.3, -0.25) is 0 Å². The van der Waals surface area contributed by atoms with E-state index in [4.69, 9.17) is 0 Å². The molecule has 106 valence electrons. The van der Waals surface area contributed by atoms with Crippen LogP contribution in [0.1, 0.15) is 19.7 Å². The number of halogens is 1. The summed E-state index contributed by atoms with van der Waals surface area (Å²) in [5.41, 5.74) is 0.758. The number of nitrogens with zero attached hydrogens (tertiary/aromatic N) is 3. The summed E-state index contributed by atoms with van der Waals surface area (Å²) >= 11 is 0. The lowest BCUT2D eigenvalue weighted by Crippen LogP contribution is -2.14.